The third-order valence-corrected chi connectivity index (χ3v) is 4.55. The SMILES string of the molecule is CN1CC(C(=O)O)N(c2ccccc2)S1(=O)=O. The Labute approximate surface area is 99.3 Å². The van der Waals surface area contributed by atoms with E-state index in [1.165, 1.54) is 7.05 Å². The zero-order valence-electron chi connectivity index (χ0n) is 9.15. The van der Waals surface area contributed by atoms with E-state index < -0.39 is 22.2 Å². The first-order chi connectivity index (χ1) is 7.94. The van der Waals surface area contributed by atoms with Gasteiger partial charge in [0.25, 0.3) is 0 Å². The molecule has 1 saturated heterocycles. The second kappa shape index (κ2) is 4.01. The third-order valence-electron chi connectivity index (χ3n) is 2.65. The molecule has 1 fully saturated rings. The Morgan fingerprint density at radius 1 is 1.35 bits per heavy atom. The van der Waals surface area contributed by atoms with Crippen LogP contribution in [0.5, 0.6) is 0 Å². The van der Waals surface area contributed by atoms with Gasteiger partial charge < -0.3 is 5.11 Å². The molecule has 2 rings (SSSR count). The molecular weight excluding hydrogens is 244 g/mol. The smallest absolute Gasteiger partial charge is 0.328 e. The van der Waals surface area contributed by atoms with E-state index in [9.17, 15) is 13.2 Å². The van der Waals surface area contributed by atoms with Crippen molar-refractivity contribution in [3.8, 4) is 0 Å². The molecule has 0 bridgehead atoms. The lowest BCUT2D eigenvalue weighted by atomic mass is 10.2. The summed E-state index contributed by atoms with van der Waals surface area (Å²) in [5.41, 5.74) is 0.365. The summed E-state index contributed by atoms with van der Waals surface area (Å²) in [5, 5.41) is 9.06. The van der Waals surface area contributed by atoms with Crippen LogP contribution in [0.25, 0.3) is 0 Å². The number of aliphatic carboxylic acids is 1. The van der Waals surface area contributed by atoms with Gasteiger partial charge in [-0.15, -0.1) is 0 Å². The highest BCUT2D eigenvalue weighted by Crippen LogP contribution is 2.28. The largest absolute Gasteiger partial charge is 0.480 e. The maximum atomic E-state index is 12.0. The van der Waals surface area contributed by atoms with Gasteiger partial charge in [0, 0.05) is 13.6 Å². The minimum atomic E-state index is -3.73. The van der Waals surface area contributed by atoms with Crippen molar-refractivity contribution in [1.29, 1.82) is 0 Å². The van der Waals surface area contributed by atoms with Crippen LogP contribution >= 0.6 is 0 Å². The molecule has 6 nitrogen and oxygen atoms in total. The van der Waals surface area contributed by atoms with Crippen molar-refractivity contribution in [2.75, 3.05) is 17.9 Å². The zero-order chi connectivity index (χ0) is 12.6. The van der Waals surface area contributed by atoms with E-state index >= 15 is 0 Å². The average Bonchev–Trinajstić information content (AvgIpc) is 2.52. The first-order valence-corrected chi connectivity index (χ1v) is 6.38. The van der Waals surface area contributed by atoms with Crippen LogP contribution < -0.4 is 4.31 Å². The van der Waals surface area contributed by atoms with Crippen LogP contribution in [-0.2, 0) is 15.0 Å². The molecule has 0 spiro atoms. The highest BCUT2D eigenvalue weighted by Gasteiger charge is 2.45. The second-order valence-electron chi connectivity index (χ2n) is 3.77. The van der Waals surface area contributed by atoms with Crippen LogP contribution in [0.15, 0.2) is 30.3 Å². The van der Waals surface area contributed by atoms with Gasteiger partial charge in [-0.05, 0) is 12.1 Å². The molecule has 0 aliphatic carbocycles. The van der Waals surface area contributed by atoms with Gasteiger partial charge in [0.2, 0.25) is 0 Å². The number of rotatable bonds is 2. The number of hydrogen-bond donors (Lipinski definition) is 1. The van der Waals surface area contributed by atoms with Crippen LogP contribution in [0.1, 0.15) is 0 Å². The van der Waals surface area contributed by atoms with Crippen molar-refractivity contribution in [1.82, 2.24) is 4.31 Å². The Balaban J connectivity index is 2.51. The van der Waals surface area contributed by atoms with Crippen LogP contribution in [-0.4, -0.2) is 43.4 Å². The van der Waals surface area contributed by atoms with Crippen molar-refractivity contribution in [2.45, 2.75) is 6.04 Å². The molecule has 1 heterocycles. The number of carboxylic acid groups (broad SMARTS) is 1. The number of carboxylic acids is 1. The number of benzene rings is 1. The number of likely N-dealkylation sites (N-methyl/N-ethyl adjacent to an activating group) is 1. The minimum absolute atomic E-state index is 0.0490. The van der Waals surface area contributed by atoms with Gasteiger partial charge in [0.1, 0.15) is 0 Å². The van der Waals surface area contributed by atoms with Crippen molar-refractivity contribution in [2.24, 2.45) is 0 Å². The number of nitrogens with zero attached hydrogens (tertiary/aromatic N) is 2. The summed E-state index contributed by atoms with van der Waals surface area (Å²) in [7, 11) is -2.36. The van der Waals surface area contributed by atoms with Crippen LogP contribution in [0, 0.1) is 0 Å². The summed E-state index contributed by atoms with van der Waals surface area (Å²) in [6.45, 7) is -0.0490. The summed E-state index contributed by atoms with van der Waals surface area (Å²) in [6, 6.07) is 7.15. The van der Waals surface area contributed by atoms with Gasteiger partial charge in [-0.25, -0.2) is 9.10 Å². The molecule has 17 heavy (non-hydrogen) atoms. The van der Waals surface area contributed by atoms with E-state index in [0.717, 1.165) is 8.61 Å². The first kappa shape index (κ1) is 11.9. The Morgan fingerprint density at radius 2 is 1.94 bits per heavy atom. The van der Waals surface area contributed by atoms with Gasteiger partial charge >= 0.3 is 16.2 Å². The third kappa shape index (κ3) is 1.87. The number of para-hydroxylation sites is 1. The summed E-state index contributed by atoms with van der Waals surface area (Å²) in [6.07, 6.45) is 0. The summed E-state index contributed by atoms with van der Waals surface area (Å²) in [5.74, 6) is -1.15. The Kier molecular flexibility index (Phi) is 2.80. The molecule has 7 heteroatoms. The summed E-state index contributed by atoms with van der Waals surface area (Å²) >= 11 is 0. The Hall–Kier alpha value is -1.60. The first-order valence-electron chi connectivity index (χ1n) is 4.98. The summed E-state index contributed by atoms with van der Waals surface area (Å²) in [4.78, 5) is 11.1. The predicted molar refractivity (Wildman–Crippen MR) is 61.9 cm³/mol. The topological polar surface area (TPSA) is 77.9 Å². The van der Waals surface area contributed by atoms with Crippen LogP contribution in [0.2, 0.25) is 0 Å². The van der Waals surface area contributed by atoms with E-state index in [1.807, 2.05) is 0 Å². The standard InChI is InChI=1S/C10H12N2O4S/c1-11-7-9(10(13)14)12(17(11,15)16)8-5-3-2-4-6-8/h2-6,9H,7H2,1H3,(H,13,14). The van der Waals surface area contributed by atoms with Crippen LogP contribution in [0.4, 0.5) is 5.69 Å². The fraction of sp³-hybridized carbons (Fsp3) is 0.300. The molecule has 0 amide bonds. The zero-order valence-corrected chi connectivity index (χ0v) is 9.96. The number of anilines is 1. The van der Waals surface area contributed by atoms with E-state index in [4.69, 9.17) is 5.11 Å². The maximum absolute atomic E-state index is 12.0. The summed E-state index contributed by atoms with van der Waals surface area (Å²) < 4.78 is 26.0. The maximum Gasteiger partial charge on any atom is 0.328 e. The molecule has 1 unspecified atom stereocenters. The van der Waals surface area contributed by atoms with Crippen molar-refractivity contribution < 1.29 is 18.3 Å². The lowest BCUT2D eigenvalue weighted by Gasteiger charge is -2.21. The Morgan fingerprint density at radius 3 is 2.47 bits per heavy atom. The van der Waals surface area contributed by atoms with Gasteiger partial charge in [-0.2, -0.15) is 12.7 Å². The lowest BCUT2D eigenvalue weighted by molar-refractivity contribution is -0.138. The molecule has 0 aromatic heterocycles. The molecular formula is C10H12N2O4S. The van der Waals surface area contributed by atoms with Gasteiger partial charge in [0.15, 0.2) is 6.04 Å². The van der Waals surface area contributed by atoms with Gasteiger partial charge in [-0.1, -0.05) is 18.2 Å². The molecule has 1 aliphatic heterocycles. The van der Waals surface area contributed by atoms with E-state index in [2.05, 4.69) is 0 Å². The molecule has 1 aromatic rings. The van der Waals surface area contributed by atoms with Crippen LogP contribution in [0.3, 0.4) is 0 Å². The fourth-order valence-electron chi connectivity index (χ4n) is 1.79. The molecule has 1 aromatic carbocycles. The quantitative estimate of drug-likeness (QED) is 0.816. The average molecular weight is 256 g/mol. The molecule has 1 atom stereocenters. The minimum Gasteiger partial charge on any atom is -0.480 e. The molecule has 1 aliphatic rings. The predicted octanol–water partition coefficient (Wildman–Crippen LogP) is 0.136. The Bertz CT molecular complexity index is 528. The van der Waals surface area contributed by atoms with E-state index in [1.54, 1.807) is 30.3 Å². The second-order valence-corrected chi connectivity index (χ2v) is 5.69. The highest BCUT2D eigenvalue weighted by atomic mass is 32.2. The molecule has 0 radical (unpaired) electrons. The van der Waals surface area contributed by atoms with E-state index in [-0.39, 0.29) is 6.54 Å². The molecule has 92 valence electrons. The molecule has 0 saturated carbocycles. The monoisotopic (exact) mass is 256 g/mol. The van der Waals surface area contributed by atoms with Crippen molar-refractivity contribution in [3.63, 3.8) is 0 Å². The fourth-order valence-corrected chi connectivity index (χ4v) is 3.29. The molecule has 1 N–H and O–H groups in total. The van der Waals surface area contributed by atoms with Crippen molar-refractivity contribution >= 4 is 21.9 Å². The van der Waals surface area contributed by atoms with Crippen molar-refractivity contribution in [3.05, 3.63) is 30.3 Å². The normalized spacial score (nSPS) is 23.8. The van der Waals surface area contributed by atoms with E-state index in [0.29, 0.717) is 5.69 Å². The van der Waals surface area contributed by atoms with Gasteiger partial charge in [0.05, 0.1) is 5.69 Å². The number of carbonyl (C=O) groups is 1. The van der Waals surface area contributed by atoms with Gasteiger partial charge in [-0.3, -0.25) is 0 Å². The number of hydrogen-bond acceptors (Lipinski definition) is 3. The highest BCUT2D eigenvalue weighted by molar-refractivity contribution is 7.90. The lowest BCUT2D eigenvalue weighted by Crippen LogP contribution is -2.40.